The lowest BCUT2D eigenvalue weighted by atomic mass is 9.81. The zero-order valence-corrected chi connectivity index (χ0v) is 16.2. The van der Waals surface area contributed by atoms with Crippen LogP contribution in [0.3, 0.4) is 0 Å². The molecule has 0 bridgehead atoms. The summed E-state index contributed by atoms with van der Waals surface area (Å²) in [5.74, 6) is 0.405. The molecule has 0 unspecified atom stereocenters. The van der Waals surface area contributed by atoms with Gasteiger partial charge in [-0.05, 0) is 55.5 Å². The number of rotatable bonds is 4. The normalized spacial score (nSPS) is 20.0. The van der Waals surface area contributed by atoms with Gasteiger partial charge in [0.25, 0.3) is 0 Å². The highest BCUT2D eigenvalue weighted by Gasteiger charge is 2.40. The molecule has 0 aromatic heterocycles. The summed E-state index contributed by atoms with van der Waals surface area (Å²) in [5.41, 5.74) is 2.20. The van der Waals surface area contributed by atoms with Crippen molar-refractivity contribution in [1.29, 1.82) is 0 Å². The highest BCUT2D eigenvalue weighted by Crippen LogP contribution is 2.42. The topological polar surface area (TPSA) is 61.8 Å². The Labute approximate surface area is 160 Å². The van der Waals surface area contributed by atoms with E-state index < -0.39 is 10.1 Å². The molecule has 27 heavy (non-hydrogen) atoms. The van der Waals surface area contributed by atoms with Gasteiger partial charge in [0.05, 0.1) is 13.2 Å². The fourth-order valence-electron chi connectivity index (χ4n) is 3.85. The van der Waals surface area contributed by atoms with Crippen molar-refractivity contribution in [3.05, 3.63) is 59.7 Å². The van der Waals surface area contributed by atoms with E-state index in [9.17, 15) is 8.42 Å². The quantitative estimate of drug-likeness (QED) is 0.736. The Kier molecular flexibility index (Phi) is 4.97. The Morgan fingerprint density at radius 2 is 1.52 bits per heavy atom. The second kappa shape index (κ2) is 7.26. The fourth-order valence-corrected chi connectivity index (χ4v) is 4.78. The van der Waals surface area contributed by atoms with Crippen LogP contribution in [0.15, 0.2) is 53.4 Å². The Morgan fingerprint density at radius 1 is 0.926 bits per heavy atom. The third-order valence-electron chi connectivity index (χ3n) is 5.43. The molecule has 0 atom stereocenters. The number of hydrogen-bond donors (Lipinski definition) is 0. The first-order valence-electron chi connectivity index (χ1n) is 9.35. The lowest BCUT2D eigenvalue weighted by Gasteiger charge is -2.35. The molecule has 1 saturated heterocycles. The molecular weight excluding hydrogens is 364 g/mol. The highest BCUT2D eigenvalue weighted by atomic mass is 32.2. The highest BCUT2D eigenvalue weighted by molar-refractivity contribution is 7.87. The first-order valence-corrected chi connectivity index (χ1v) is 10.8. The van der Waals surface area contributed by atoms with E-state index in [0.717, 1.165) is 31.2 Å². The van der Waals surface area contributed by atoms with Gasteiger partial charge in [0, 0.05) is 12.8 Å². The van der Waals surface area contributed by atoms with E-state index in [-0.39, 0.29) is 10.7 Å². The van der Waals surface area contributed by atoms with E-state index in [1.807, 2.05) is 19.1 Å². The Bertz CT molecular complexity index is 871. The molecule has 0 N–H and O–H groups in total. The third kappa shape index (κ3) is 4.03. The maximum atomic E-state index is 12.4. The first kappa shape index (κ1) is 18.5. The van der Waals surface area contributed by atoms with Crippen molar-refractivity contribution in [3.8, 4) is 5.75 Å². The molecule has 1 aliphatic heterocycles. The maximum Gasteiger partial charge on any atom is 0.339 e. The van der Waals surface area contributed by atoms with Gasteiger partial charge in [-0.3, -0.25) is 0 Å². The van der Waals surface area contributed by atoms with Gasteiger partial charge in [0.15, 0.2) is 5.79 Å². The summed E-state index contributed by atoms with van der Waals surface area (Å²) in [7, 11) is -3.82. The van der Waals surface area contributed by atoms with E-state index in [2.05, 4.69) is 0 Å². The minimum Gasteiger partial charge on any atom is -0.379 e. The summed E-state index contributed by atoms with van der Waals surface area (Å²) >= 11 is 0. The predicted octanol–water partition coefficient (Wildman–Crippen LogP) is 4.16. The molecule has 144 valence electrons. The van der Waals surface area contributed by atoms with Crippen LogP contribution in [-0.2, 0) is 19.6 Å². The van der Waals surface area contributed by atoms with Crippen molar-refractivity contribution in [2.45, 2.75) is 49.2 Å². The van der Waals surface area contributed by atoms with E-state index >= 15 is 0 Å². The van der Waals surface area contributed by atoms with Crippen LogP contribution in [0.5, 0.6) is 5.75 Å². The molecule has 1 saturated carbocycles. The monoisotopic (exact) mass is 388 g/mol. The molecule has 1 spiro atoms. The summed E-state index contributed by atoms with van der Waals surface area (Å²) in [6, 6.07) is 14.0. The zero-order valence-electron chi connectivity index (χ0n) is 15.4. The molecule has 6 heteroatoms. The van der Waals surface area contributed by atoms with Crippen LogP contribution in [0, 0.1) is 6.92 Å². The summed E-state index contributed by atoms with van der Waals surface area (Å²) in [6.07, 6.45) is 3.80. The molecule has 2 fully saturated rings. The molecule has 4 rings (SSSR count). The van der Waals surface area contributed by atoms with Gasteiger partial charge in [-0.2, -0.15) is 8.42 Å². The Balaban J connectivity index is 1.41. The van der Waals surface area contributed by atoms with Crippen LogP contribution in [-0.4, -0.2) is 27.4 Å². The van der Waals surface area contributed by atoms with Crippen LogP contribution in [0.2, 0.25) is 0 Å². The van der Waals surface area contributed by atoms with Crippen LogP contribution in [0.1, 0.15) is 42.7 Å². The number of benzene rings is 2. The molecule has 1 heterocycles. The smallest absolute Gasteiger partial charge is 0.339 e. The van der Waals surface area contributed by atoms with Crippen LogP contribution < -0.4 is 4.18 Å². The van der Waals surface area contributed by atoms with Crippen LogP contribution >= 0.6 is 0 Å². The van der Waals surface area contributed by atoms with Crippen molar-refractivity contribution < 1.29 is 22.1 Å². The van der Waals surface area contributed by atoms with Crippen molar-refractivity contribution in [1.82, 2.24) is 0 Å². The summed E-state index contributed by atoms with van der Waals surface area (Å²) < 4.78 is 41.6. The first-order chi connectivity index (χ1) is 13.0. The van der Waals surface area contributed by atoms with Crippen LogP contribution in [0.4, 0.5) is 0 Å². The SMILES string of the molecule is Cc1ccc(S(=O)(=O)Oc2ccc(C3CCC4(CC3)OCCO4)cc2)cc1. The van der Waals surface area contributed by atoms with Crippen molar-refractivity contribution >= 4 is 10.1 Å². The maximum absolute atomic E-state index is 12.4. The Morgan fingerprint density at radius 3 is 2.11 bits per heavy atom. The molecular formula is C21H24O5S. The lowest BCUT2D eigenvalue weighted by Crippen LogP contribution is -2.34. The zero-order chi connectivity index (χ0) is 18.9. The number of hydrogen-bond acceptors (Lipinski definition) is 5. The molecule has 0 amide bonds. The van der Waals surface area contributed by atoms with Gasteiger partial charge < -0.3 is 13.7 Å². The summed E-state index contributed by atoms with van der Waals surface area (Å²) in [6.45, 7) is 3.28. The number of ether oxygens (including phenoxy) is 2. The number of aryl methyl sites for hydroxylation is 1. The molecule has 1 aliphatic carbocycles. The second-order valence-corrected chi connectivity index (χ2v) is 8.85. The lowest BCUT2D eigenvalue weighted by molar-refractivity contribution is -0.178. The van der Waals surface area contributed by atoms with Gasteiger partial charge in [0.1, 0.15) is 10.6 Å². The minimum atomic E-state index is -3.82. The summed E-state index contributed by atoms with van der Waals surface area (Å²) in [4.78, 5) is 0.159. The second-order valence-electron chi connectivity index (χ2n) is 7.30. The van der Waals surface area contributed by atoms with Gasteiger partial charge in [-0.1, -0.05) is 29.8 Å². The minimum absolute atomic E-state index is 0.159. The molecule has 5 nitrogen and oxygen atoms in total. The van der Waals surface area contributed by atoms with E-state index in [4.69, 9.17) is 13.7 Å². The molecule has 2 aromatic rings. The molecule has 0 radical (unpaired) electrons. The standard InChI is InChI=1S/C21H24O5S/c1-16-2-8-20(9-3-16)27(22,23)26-19-6-4-17(5-7-19)18-10-12-21(13-11-18)24-14-15-25-21/h2-9,18H,10-15H2,1H3. The third-order valence-corrected chi connectivity index (χ3v) is 6.69. The largest absolute Gasteiger partial charge is 0.379 e. The van der Waals surface area contributed by atoms with E-state index in [1.54, 1.807) is 36.4 Å². The van der Waals surface area contributed by atoms with Crippen molar-refractivity contribution in [3.63, 3.8) is 0 Å². The van der Waals surface area contributed by atoms with Gasteiger partial charge >= 0.3 is 10.1 Å². The van der Waals surface area contributed by atoms with Gasteiger partial charge in [-0.25, -0.2) is 0 Å². The van der Waals surface area contributed by atoms with Gasteiger partial charge in [0.2, 0.25) is 0 Å². The molecule has 2 aliphatic rings. The predicted molar refractivity (Wildman–Crippen MR) is 101 cm³/mol. The Hall–Kier alpha value is -1.89. The fraction of sp³-hybridized carbons (Fsp3) is 0.429. The van der Waals surface area contributed by atoms with Gasteiger partial charge in [-0.15, -0.1) is 0 Å². The average Bonchev–Trinajstić information content (AvgIpc) is 3.11. The van der Waals surface area contributed by atoms with E-state index in [1.165, 1.54) is 5.56 Å². The average molecular weight is 388 g/mol. The van der Waals surface area contributed by atoms with Crippen molar-refractivity contribution in [2.75, 3.05) is 13.2 Å². The van der Waals surface area contributed by atoms with E-state index in [0.29, 0.717) is 24.9 Å². The van der Waals surface area contributed by atoms with Crippen molar-refractivity contribution in [2.24, 2.45) is 0 Å². The van der Waals surface area contributed by atoms with Crippen LogP contribution in [0.25, 0.3) is 0 Å². The summed E-state index contributed by atoms with van der Waals surface area (Å²) in [5, 5.41) is 0. The molecule has 2 aromatic carbocycles.